The molecule has 15 heteroatoms. The molecule has 3 fully saturated rings. The van der Waals surface area contributed by atoms with Gasteiger partial charge in [0.1, 0.15) is 12.4 Å². The molecule has 3 N–H and O–H groups in total. The van der Waals surface area contributed by atoms with Crippen LogP contribution in [0.15, 0.2) is 71.8 Å². The standard InChI is InChI=1S/C37H51N7O4.C7H8O3S/c45-36(48-21-14-42-12-17-46-18-13-42)25-32(30-22-31(35-7-10-39-41-35)24-34(23-30)44-15-19-47-20-16-44)27-43-11-8-28(26-43)3-5-33-6-4-29-2-1-9-38-37(29)40-33;1-6-2-4-7(5-3-6)11(8,9)10/h4,6-7,10,22-24,28,32H,1-3,5,8-9,11-21,25-27H2,(H,38,40)(H,39,41);2-5H,1H3,(H,8,9,10). The third-order valence-corrected chi connectivity index (χ3v) is 12.6. The Morgan fingerprint density at radius 1 is 0.966 bits per heavy atom. The number of pyridine rings is 1. The SMILES string of the molecule is Cc1ccc(S(=O)(=O)O)cc1.O=C(CC(CN1CCC(CCc2ccc3c(n2)NCCC3)C1)c1cc(-c2ccn[nH]2)cc(N2CCOCC2)c1)OCCN1CCOCC1. The number of nitrogens with zero attached hydrogens (tertiary/aromatic N) is 5. The molecule has 2 atom stereocenters. The maximum atomic E-state index is 13.4. The van der Waals surface area contributed by atoms with E-state index in [2.05, 4.69) is 60.5 Å². The lowest BCUT2D eigenvalue weighted by Crippen LogP contribution is -2.38. The van der Waals surface area contributed by atoms with Gasteiger partial charge in [-0.05, 0) is 105 Å². The van der Waals surface area contributed by atoms with Gasteiger partial charge in [0.15, 0.2) is 0 Å². The minimum absolute atomic E-state index is 0.00989. The van der Waals surface area contributed by atoms with E-state index in [4.69, 9.17) is 23.7 Å². The highest BCUT2D eigenvalue weighted by molar-refractivity contribution is 7.85. The van der Waals surface area contributed by atoms with E-state index in [-0.39, 0.29) is 16.8 Å². The van der Waals surface area contributed by atoms with Crippen molar-refractivity contribution in [3.05, 3.63) is 89.2 Å². The zero-order valence-electron chi connectivity index (χ0n) is 34.2. The van der Waals surface area contributed by atoms with Crippen molar-refractivity contribution < 1.29 is 32.0 Å². The third-order valence-electron chi connectivity index (χ3n) is 11.7. The molecule has 4 aromatic rings. The van der Waals surface area contributed by atoms with Gasteiger partial charge in [0.25, 0.3) is 10.1 Å². The average molecular weight is 830 g/mol. The molecule has 0 aliphatic carbocycles. The number of aromatic amines is 1. The van der Waals surface area contributed by atoms with Crippen LogP contribution in [0.4, 0.5) is 11.5 Å². The average Bonchev–Trinajstić information content (AvgIpc) is 3.97. The second-order valence-electron chi connectivity index (χ2n) is 16.0. The van der Waals surface area contributed by atoms with E-state index in [0.717, 1.165) is 133 Å². The number of carbonyl (C=O) groups is 1. The van der Waals surface area contributed by atoms with Crippen LogP contribution in [0.2, 0.25) is 0 Å². The first-order valence-electron chi connectivity index (χ1n) is 21.1. The summed E-state index contributed by atoms with van der Waals surface area (Å²) in [6, 6.07) is 19.2. The Morgan fingerprint density at radius 3 is 2.49 bits per heavy atom. The fourth-order valence-electron chi connectivity index (χ4n) is 8.30. The fraction of sp³-hybridized carbons (Fsp3) is 0.523. The number of hydrogen-bond donors (Lipinski definition) is 3. The van der Waals surface area contributed by atoms with Crippen molar-refractivity contribution in [2.24, 2.45) is 5.92 Å². The summed E-state index contributed by atoms with van der Waals surface area (Å²) >= 11 is 0. The number of ether oxygens (including phenoxy) is 3. The number of morpholine rings is 2. The van der Waals surface area contributed by atoms with Crippen molar-refractivity contribution in [1.82, 2.24) is 25.0 Å². The number of hydrogen-bond acceptors (Lipinski definition) is 12. The largest absolute Gasteiger partial charge is 0.464 e. The van der Waals surface area contributed by atoms with Crippen LogP contribution in [0.25, 0.3) is 11.3 Å². The number of benzene rings is 2. The quantitative estimate of drug-likeness (QED) is 0.112. The highest BCUT2D eigenvalue weighted by Crippen LogP contribution is 2.34. The molecule has 6 heterocycles. The summed E-state index contributed by atoms with van der Waals surface area (Å²) in [5, 5.41) is 10.9. The second kappa shape index (κ2) is 20.7. The second-order valence-corrected chi connectivity index (χ2v) is 17.5. The molecule has 4 aliphatic rings. The van der Waals surface area contributed by atoms with Crippen LogP contribution in [-0.2, 0) is 42.0 Å². The summed E-state index contributed by atoms with van der Waals surface area (Å²) in [6.07, 6.45) is 7.75. The van der Waals surface area contributed by atoms with Gasteiger partial charge in [0.2, 0.25) is 0 Å². The Kier molecular flexibility index (Phi) is 15.0. The van der Waals surface area contributed by atoms with Gasteiger partial charge in [-0.3, -0.25) is 19.3 Å². The fourth-order valence-corrected chi connectivity index (χ4v) is 8.78. The van der Waals surface area contributed by atoms with Gasteiger partial charge in [-0.2, -0.15) is 13.5 Å². The van der Waals surface area contributed by atoms with Crippen molar-refractivity contribution in [3.63, 3.8) is 0 Å². The van der Waals surface area contributed by atoms with E-state index < -0.39 is 10.1 Å². The number of aryl methyl sites for hydroxylation is 3. The zero-order valence-corrected chi connectivity index (χ0v) is 35.0. The van der Waals surface area contributed by atoms with Gasteiger partial charge < -0.3 is 29.3 Å². The summed E-state index contributed by atoms with van der Waals surface area (Å²) in [7, 11) is -4.02. The Hall–Kier alpha value is -4.38. The molecule has 2 unspecified atom stereocenters. The summed E-state index contributed by atoms with van der Waals surface area (Å²) in [4.78, 5) is 25.6. The van der Waals surface area contributed by atoms with E-state index in [1.54, 1.807) is 18.3 Å². The van der Waals surface area contributed by atoms with Crippen molar-refractivity contribution >= 4 is 27.6 Å². The first-order chi connectivity index (χ1) is 28.7. The van der Waals surface area contributed by atoms with E-state index in [1.807, 2.05) is 13.0 Å². The minimum Gasteiger partial charge on any atom is -0.464 e. The molecule has 0 spiro atoms. The molecule has 2 aromatic carbocycles. The molecule has 4 aliphatic heterocycles. The van der Waals surface area contributed by atoms with Crippen LogP contribution >= 0.6 is 0 Å². The molecular weight excluding hydrogens is 771 g/mol. The zero-order chi connectivity index (χ0) is 41.0. The number of likely N-dealkylation sites (tertiary alicyclic amines) is 1. The maximum Gasteiger partial charge on any atom is 0.306 e. The molecule has 0 amide bonds. The number of anilines is 2. The summed E-state index contributed by atoms with van der Waals surface area (Å²) in [5.74, 6) is 1.59. The van der Waals surface area contributed by atoms with Gasteiger partial charge in [-0.15, -0.1) is 0 Å². The Balaban J connectivity index is 0.000000417. The van der Waals surface area contributed by atoms with Crippen molar-refractivity contribution in [1.29, 1.82) is 0 Å². The molecule has 3 saturated heterocycles. The lowest BCUT2D eigenvalue weighted by atomic mass is 9.92. The number of aromatic nitrogens is 3. The minimum atomic E-state index is -4.02. The van der Waals surface area contributed by atoms with E-state index in [1.165, 1.54) is 41.8 Å². The summed E-state index contributed by atoms with van der Waals surface area (Å²) < 4.78 is 46.5. The Morgan fingerprint density at radius 2 is 1.75 bits per heavy atom. The van der Waals surface area contributed by atoms with Gasteiger partial charge in [0, 0.05) is 81.4 Å². The lowest BCUT2D eigenvalue weighted by molar-refractivity contribution is -0.144. The highest BCUT2D eigenvalue weighted by atomic mass is 32.2. The van der Waals surface area contributed by atoms with Crippen LogP contribution < -0.4 is 10.2 Å². The van der Waals surface area contributed by atoms with Gasteiger partial charge in [-0.1, -0.05) is 23.8 Å². The predicted octanol–water partition coefficient (Wildman–Crippen LogP) is 5.21. The van der Waals surface area contributed by atoms with E-state index >= 15 is 0 Å². The normalized spacial score (nSPS) is 19.3. The number of esters is 1. The monoisotopic (exact) mass is 829 g/mol. The van der Waals surface area contributed by atoms with Crippen LogP contribution in [0.3, 0.4) is 0 Å². The molecular formula is C44H59N7O7S. The van der Waals surface area contributed by atoms with Crippen molar-refractivity contribution in [2.75, 3.05) is 102 Å². The van der Waals surface area contributed by atoms with Gasteiger partial charge in [-0.25, -0.2) is 4.98 Å². The van der Waals surface area contributed by atoms with Gasteiger partial charge in [0.05, 0.1) is 43.4 Å². The first-order valence-corrected chi connectivity index (χ1v) is 22.5. The topological polar surface area (TPSA) is 162 Å². The smallest absolute Gasteiger partial charge is 0.306 e. The predicted molar refractivity (Wildman–Crippen MR) is 228 cm³/mol. The van der Waals surface area contributed by atoms with Crippen LogP contribution in [0, 0.1) is 12.8 Å². The molecule has 14 nitrogen and oxygen atoms in total. The lowest BCUT2D eigenvalue weighted by Gasteiger charge is -2.31. The number of carbonyl (C=O) groups excluding carboxylic acids is 1. The van der Waals surface area contributed by atoms with Crippen LogP contribution in [0.5, 0.6) is 0 Å². The first kappa shape index (κ1) is 42.7. The Bertz CT molecular complexity index is 2050. The van der Waals surface area contributed by atoms with Crippen molar-refractivity contribution in [2.45, 2.75) is 56.3 Å². The van der Waals surface area contributed by atoms with E-state index in [9.17, 15) is 13.2 Å². The van der Waals surface area contributed by atoms with E-state index in [0.29, 0.717) is 18.9 Å². The highest BCUT2D eigenvalue weighted by Gasteiger charge is 2.28. The number of fused-ring (bicyclic) bond motifs is 1. The summed E-state index contributed by atoms with van der Waals surface area (Å²) in [5.41, 5.74) is 7.88. The molecule has 59 heavy (non-hydrogen) atoms. The molecule has 0 bridgehead atoms. The molecule has 318 valence electrons. The number of nitrogens with one attached hydrogen (secondary N) is 2. The third kappa shape index (κ3) is 12.6. The maximum absolute atomic E-state index is 13.4. The molecule has 2 aromatic heterocycles. The molecule has 0 saturated carbocycles. The number of H-pyrrole nitrogens is 1. The van der Waals surface area contributed by atoms with Gasteiger partial charge >= 0.3 is 5.97 Å². The number of rotatable bonds is 14. The molecule has 0 radical (unpaired) electrons. The summed E-state index contributed by atoms with van der Waals surface area (Å²) in [6.45, 7) is 13.3. The van der Waals surface area contributed by atoms with Crippen molar-refractivity contribution in [3.8, 4) is 11.3 Å². The molecule has 8 rings (SSSR count). The van der Waals surface area contributed by atoms with Crippen LogP contribution in [0.1, 0.15) is 54.0 Å². The Labute approximate surface area is 348 Å². The van der Waals surface area contributed by atoms with Crippen LogP contribution in [-0.4, -0.2) is 136 Å².